The number of aliphatic hydroxyl groups is 1. The van der Waals surface area contributed by atoms with Crippen LogP contribution < -0.4 is 5.32 Å². The van der Waals surface area contributed by atoms with Crippen LogP contribution in [0.1, 0.15) is 28.1 Å². The van der Waals surface area contributed by atoms with Gasteiger partial charge in [-0.15, -0.1) is 0 Å². The van der Waals surface area contributed by atoms with E-state index in [4.69, 9.17) is 9.52 Å². The van der Waals surface area contributed by atoms with Gasteiger partial charge in [0.15, 0.2) is 10.9 Å². The number of nitrogens with one attached hydrogen (secondary N) is 1. The standard InChI is InChI=1S/C13H12N2O3S/c1-2-9-5-6-11(18-9)12(17)15-13-14-8-10(19-13)4-3-7-16/h5-6,8,16H,2,7H2,1H3,(H,14,15,17). The molecule has 0 saturated heterocycles. The third-order valence-electron chi connectivity index (χ3n) is 2.25. The molecule has 1 amide bonds. The number of rotatable bonds is 3. The highest BCUT2D eigenvalue weighted by Gasteiger charge is 2.12. The Morgan fingerprint density at radius 2 is 2.42 bits per heavy atom. The van der Waals surface area contributed by atoms with Gasteiger partial charge >= 0.3 is 0 Å². The molecule has 2 N–H and O–H groups in total. The molecule has 0 aliphatic rings. The van der Waals surface area contributed by atoms with E-state index in [-0.39, 0.29) is 18.3 Å². The first-order valence-electron chi connectivity index (χ1n) is 5.68. The van der Waals surface area contributed by atoms with Crippen molar-refractivity contribution in [1.29, 1.82) is 0 Å². The van der Waals surface area contributed by atoms with Gasteiger partial charge in [0.25, 0.3) is 5.91 Å². The first kappa shape index (κ1) is 13.3. The van der Waals surface area contributed by atoms with Crippen LogP contribution in [0.5, 0.6) is 0 Å². The summed E-state index contributed by atoms with van der Waals surface area (Å²) in [5.41, 5.74) is 0. The van der Waals surface area contributed by atoms with Gasteiger partial charge in [-0.25, -0.2) is 4.98 Å². The lowest BCUT2D eigenvalue weighted by Gasteiger charge is -1.97. The first-order valence-corrected chi connectivity index (χ1v) is 6.50. The van der Waals surface area contributed by atoms with Crippen molar-refractivity contribution in [1.82, 2.24) is 4.98 Å². The Kier molecular flexibility index (Phi) is 4.34. The van der Waals surface area contributed by atoms with Gasteiger partial charge in [0.05, 0.1) is 11.1 Å². The highest BCUT2D eigenvalue weighted by molar-refractivity contribution is 7.16. The highest BCUT2D eigenvalue weighted by Crippen LogP contribution is 2.18. The van der Waals surface area contributed by atoms with Gasteiger partial charge < -0.3 is 9.52 Å². The molecule has 0 bridgehead atoms. The average Bonchev–Trinajstić information content (AvgIpc) is 3.05. The van der Waals surface area contributed by atoms with E-state index in [1.807, 2.05) is 6.92 Å². The summed E-state index contributed by atoms with van der Waals surface area (Å²) in [5, 5.41) is 11.7. The maximum absolute atomic E-state index is 11.9. The summed E-state index contributed by atoms with van der Waals surface area (Å²) in [6, 6.07) is 3.41. The largest absolute Gasteiger partial charge is 0.456 e. The topological polar surface area (TPSA) is 75.4 Å². The predicted octanol–water partition coefficient (Wildman–Crippen LogP) is 1.89. The monoisotopic (exact) mass is 276 g/mol. The lowest BCUT2D eigenvalue weighted by Crippen LogP contribution is -2.10. The second-order valence-electron chi connectivity index (χ2n) is 3.56. The highest BCUT2D eigenvalue weighted by atomic mass is 32.1. The van der Waals surface area contributed by atoms with Gasteiger partial charge in [-0.3, -0.25) is 10.1 Å². The van der Waals surface area contributed by atoms with Crippen molar-refractivity contribution in [2.45, 2.75) is 13.3 Å². The van der Waals surface area contributed by atoms with Crippen molar-refractivity contribution in [3.05, 3.63) is 34.7 Å². The van der Waals surface area contributed by atoms with Crippen LogP contribution in [-0.4, -0.2) is 22.6 Å². The number of carbonyl (C=O) groups excluding carboxylic acids is 1. The Hall–Kier alpha value is -2.10. The Labute approximate surface area is 114 Å². The molecule has 6 heteroatoms. The fraction of sp³-hybridized carbons (Fsp3) is 0.231. The Balaban J connectivity index is 2.04. The lowest BCUT2D eigenvalue weighted by atomic mass is 10.3. The third-order valence-corrected chi connectivity index (χ3v) is 3.08. The van der Waals surface area contributed by atoms with Crippen LogP contribution in [0.15, 0.2) is 22.7 Å². The number of aryl methyl sites for hydroxylation is 1. The zero-order chi connectivity index (χ0) is 13.7. The number of thiazole rings is 1. The van der Waals surface area contributed by atoms with Crippen LogP contribution in [0.4, 0.5) is 5.13 Å². The molecule has 0 fully saturated rings. The Morgan fingerprint density at radius 1 is 1.58 bits per heavy atom. The maximum atomic E-state index is 11.9. The second kappa shape index (κ2) is 6.18. The van der Waals surface area contributed by atoms with Crippen molar-refractivity contribution in [2.75, 3.05) is 11.9 Å². The molecule has 0 aliphatic carbocycles. The van der Waals surface area contributed by atoms with Gasteiger partial charge in [0.1, 0.15) is 12.4 Å². The number of nitrogens with zero attached hydrogens (tertiary/aromatic N) is 1. The molecule has 2 heterocycles. The number of hydrogen-bond donors (Lipinski definition) is 2. The van der Waals surface area contributed by atoms with E-state index < -0.39 is 0 Å². The van der Waals surface area contributed by atoms with Crippen LogP contribution in [0.3, 0.4) is 0 Å². The molecule has 2 aromatic rings. The zero-order valence-electron chi connectivity index (χ0n) is 10.3. The minimum atomic E-state index is -0.337. The smallest absolute Gasteiger partial charge is 0.293 e. The van der Waals surface area contributed by atoms with Crippen molar-refractivity contribution < 1.29 is 14.3 Å². The van der Waals surface area contributed by atoms with E-state index in [2.05, 4.69) is 22.1 Å². The Bertz CT molecular complexity index is 634. The second-order valence-corrected chi connectivity index (χ2v) is 4.59. The van der Waals surface area contributed by atoms with Crippen LogP contribution in [0.2, 0.25) is 0 Å². The molecular formula is C13H12N2O3S. The molecule has 0 unspecified atom stereocenters. The molecule has 2 rings (SSSR count). The Morgan fingerprint density at radius 3 is 3.11 bits per heavy atom. The van der Waals surface area contributed by atoms with Crippen LogP contribution in [0, 0.1) is 11.8 Å². The van der Waals surface area contributed by atoms with E-state index in [0.717, 1.165) is 12.2 Å². The molecular weight excluding hydrogens is 264 g/mol. The quantitative estimate of drug-likeness (QED) is 0.839. The van der Waals surface area contributed by atoms with Crippen molar-refractivity contribution in [3.8, 4) is 11.8 Å². The van der Waals surface area contributed by atoms with E-state index in [9.17, 15) is 4.79 Å². The van der Waals surface area contributed by atoms with Crippen molar-refractivity contribution in [3.63, 3.8) is 0 Å². The van der Waals surface area contributed by atoms with Gasteiger partial charge in [-0.2, -0.15) is 0 Å². The molecule has 0 spiro atoms. The van der Waals surface area contributed by atoms with E-state index in [1.165, 1.54) is 11.3 Å². The average molecular weight is 276 g/mol. The van der Waals surface area contributed by atoms with E-state index in [0.29, 0.717) is 10.0 Å². The summed E-state index contributed by atoms with van der Waals surface area (Å²) >= 11 is 1.24. The number of carbonyl (C=O) groups is 1. The van der Waals surface area contributed by atoms with Crippen LogP contribution in [0.25, 0.3) is 0 Å². The van der Waals surface area contributed by atoms with Crippen LogP contribution >= 0.6 is 11.3 Å². The molecule has 0 saturated carbocycles. The molecule has 0 aliphatic heterocycles. The first-order chi connectivity index (χ1) is 9.22. The molecule has 0 radical (unpaired) electrons. The van der Waals surface area contributed by atoms with E-state index in [1.54, 1.807) is 18.3 Å². The number of aliphatic hydroxyl groups excluding tert-OH is 1. The normalized spacial score (nSPS) is 9.79. The van der Waals surface area contributed by atoms with Gasteiger partial charge in [-0.05, 0) is 12.1 Å². The summed E-state index contributed by atoms with van der Waals surface area (Å²) in [7, 11) is 0. The number of aromatic nitrogens is 1. The SMILES string of the molecule is CCc1ccc(C(=O)Nc2ncc(C#CCO)s2)o1. The third kappa shape index (κ3) is 3.44. The molecule has 19 heavy (non-hydrogen) atoms. The molecule has 98 valence electrons. The summed E-state index contributed by atoms with van der Waals surface area (Å²) in [5.74, 6) is 5.93. The zero-order valence-corrected chi connectivity index (χ0v) is 11.1. The summed E-state index contributed by atoms with van der Waals surface area (Å²) < 4.78 is 5.34. The van der Waals surface area contributed by atoms with Gasteiger partial charge in [0.2, 0.25) is 0 Å². The minimum absolute atomic E-state index is 0.203. The van der Waals surface area contributed by atoms with Gasteiger partial charge in [0, 0.05) is 6.42 Å². The fourth-order valence-electron chi connectivity index (χ4n) is 1.37. The minimum Gasteiger partial charge on any atom is -0.456 e. The summed E-state index contributed by atoms with van der Waals surface area (Å²) in [6.07, 6.45) is 2.29. The van der Waals surface area contributed by atoms with Crippen LogP contribution in [-0.2, 0) is 6.42 Å². The number of amides is 1. The molecule has 0 atom stereocenters. The van der Waals surface area contributed by atoms with Crippen molar-refractivity contribution >= 4 is 22.4 Å². The number of hydrogen-bond acceptors (Lipinski definition) is 5. The number of furan rings is 1. The lowest BCUT2D eigenvalue weighted by molar-refractivity contribution is 0.0995. The van der Waals surface area contributed by atoms with E-state index >= 15 is 0 Å². The summed E-state index contributed by atoms with van der Waals surface area (Å²) in [4.78, 5) is 16.6. The summed E-state index contributed by atoms with van der Waals surface area (Å²) in [6.45, 7) is 1.75. The molecule has 2 aromatic heterocycles. The molecule has 0 aromatic carbocycles. The predicted molar refractivity (Wildman–Crippen MR) is 72.1 cm³/mol. The van der Waals surface area contributed by atoms with Gasteiger partial charge in [-0.1, -0.05) is 30.1 Å². The number of anilines is 1. The maximum Gasteiger partial charge on any atom is 0.293 e. The van der Waals surface area contributed by atoms with Crippen molar-refractivity contribution in [2.24, 2.45) is 0 Å². The molecule has 5 nitrogen and oxygen atoms in total. The fourth-order valence-corrected chi connectivity index (χ4v) is 2.05.